The Morgan fingerprint density at radius 1 is 1.19 bits per heavy atom. The Labute approximate surface area is 107 Å². The number of thiophene rings is 1. The Morgan fingerprint density at radius 2 is 1.94 bits per heavy atom. The number of carbonyl (C=O) groups is 1. The average Bonchev–Trinajstić information content (AvgIpc) is 2.67. The summed E-state index contributed by atoms with van der Waals surface area (Å²) in [6.07, 6.45) is 0. The Balaban J connectivity index is 2.49. The molecular weight excluding hydrogens is 284 g/mol. The SMILES string of the molecule is Cc1ccc(Br)c(C(=O)c2ccsc2C)c1. The summed E-state index contributed by atoms with van der Waals surface area (Å²) < 4.78 is 0.855. The Kier molecular flexibility index (Phi) is 3.26. The van der Waals surface area contributed by atoms with Gasteiger partial charge in [0, 0.05) is 20.5 Å². The summed E-state index contributed by atoms with van der Waals surface area (Å²) in [6, 6.07) is 7.71. The van der Waals surface area contributed by atoms with Crippen LogP contribution in [0.4, 0.5) is 0 Å². The van der Waals surface area contributed by atoms with Gasteiger partial charge in [0.25, 0.3) is 0 Å². The van der Waals surface area contributed by atoms with E-state index in [1.165, 1.54) is 0 Å². The molecule has 0 amide bonds. The monoisotopic (exact) mass is 294 g/mol. The van der Waals surface area contributed by atoms with E-state index in [1.54, 1.807) is 11.3 Å². The van der Waals surface area contributed by atoms with E-state index in [0.717, 1.165) is 26.0 Å². The van der Waals surface area contributed by atoms with Crippen molar-refractivity contribution in [1.29, 1.82) is 0 Å². The Morgan fingerprint density at radius 3 is 2.56 bits per heavy atom. The van der Waals surface area contributed by atoms with Crippen LogP contribution in [0.1, 0.15) is 26.4 Å². The lowest BCUT2D eigenvalue weighted by Crippen LogP contribution is -2.02. The Bertz CT molecular complexity index is 543. The zero-order chi connectivity index (χ0) is 11.7. The summed E-state index contributed by atoms with van der Waals surface area (Å²) in [5, 5.41) is 1.95. The van der Waals surface area contributed by atoms with Crippen molar-refractivity contribution in [2.45, 2.75) is 13.8 Å². The molecule has 0 N–H and O–H groups in total. The Hall–Kier alpha value is -0.930. The highest BCUT2D eigenvalue weighted by Crippen LogP contribution is 2.24. The molecule has 2 aromatic rings. The molecule has 0 saturated heterocycles. The van der Waals surface area contributed by atoms with E-state index >= 15 is 0 Å². The fourth-order valence-electron chi connectivity index (χ4n) is 1.58. The van der Waals surface area contributed by atoms with Gasteiger partial charge in [-0.1, -0.05) is 27.6 Å². The van der Waals surface area contributed by atoms with Crippen LogP contribution in [0.2, 0.25) is 0 Å². The quantitative estimate of drug-likeness (QED) is 0.752. The molecule has 0 bridgehead atoms. The fraction of sp³-hybridized carbons (Fsp3) is 0.154. The highest BCUT2D eigenvalue weighted by molar-refractivity contribution is 9.10. The third-order valence-electron chi connectivity index (χ3n) is 2.47. The predicted octanol–water partition coefficient (Wildman–Crippen LogP) is 4.36. The van der Waals surface area contributed by atoms with Crippen LogP contribution >= 0.6 is 27.3 Å². The molecule has 0 aliphatic heterocycles. The maximum atomic E-state index is 12.3. The molecular formula is C13H11BrOS. The van der Waals surface area contributed by atoms with E-state index in [-0.39, 0.29) is 5.78 Å². The predicted molar refractivity (Wildman–Crippen MR) is 71.4 cm³/mol. The topological polar surface area (TPSA) is 17.1 Å². The molecule has 2 rings (SSSR count). The molecule has 0 radical (unpaired) electrons. The first-order valence-corrected chi connectivity index (χ1v) is 6.62. The van der Waals surface area contributed by atoms with Gasteiger partial charge >= 0.3 is 0 Å². The second kappa shape index (κ2) is 4.52. The molecule has 1 nitrogen and oxygen atoms in total. The van der Waals surface area contributed by atoms with Gasteiger partial charge in [-0.05, 0) is 37.4 Å². The number of aryl methyl sites for hydroxylation is 2. The lowest BCUT2D eigenvalue weighted by atomic mass is 10.0. The third-order valence-corrected chi connectivity index (χ3v) is 4.01. The van der Waals surface area contributed by atoms with Crippen molar-refractivity contribution in [2.75, 3.05) is 0 Å². The van der Waals surface area contributed by atoms with Crippen molar-refractivity contribution >= 4 is 33.0 Å². The van der Waals surface area contributed by atoms with E-state index in [1.807, 2.05) is 43.5 Å². The van der Waals surface area contributed by atoms with Crippen molar-refractivity contribution in [3.63, 3.8) is 0 Å². The maximum Gasteiger partial charge on any atom is 0.195 e. The smallest absolute Gasteiger partial charge is 0.195 e. The summed E-state index contributed by atoms with van der Waals surface area (Å²) >= 11 is 5.03. The van der Waals surface area contributed by atoms with Crippen LogP contribution in [-0.4, -0.2) is 5.78 Å². The molecule has 0 fully saturated rings. The van der Waals surface area contributed by atoms with Crippen LogP contribution in [-0.2, 0) is 0 Å². The highest BCUT2D eigenvalue weighted by atomic mass is 79.9. The number of benzene rings is 1. The van der Waals surface area contributed by atoms with Crippen LogP contribution in [0.25, 0.3) is 0 Å². The standard InChI is InChI=1S/C13H11BrOS/c1-8-3-4-12(14)11(7-8)13(15)10-5-6-16-9(10)2/h3-7H,1-2H3. The van der Waals surface area contributed by atoms with E-state index in [2.05, 4.69) is 15.9 Å². The van der Waals surface area contributed by atoms with Gasteiger partial charge < -0.3 is 0 Å². The molecule has 0 spiro atoms. The van der Waals surface area contributed by atoms with Crippen LogP contribution in [0.5, 0.6) is 0 Å². The van der Waals surface area contributed by atoms with Gasteiger partial charge in [-0.15, -0.1) is 11.3 Å². The normalized spacial score (nSPS) is 10.4. The lowest BCUT2D eigenvalue weighted by molar-refractivity contribution is 0.103. The molecule has 0 aliphatic carbocycles. The summed E-state index contributed by atoms with van der Waals surface area (Å²) in [7, 11) is 0. The second-order valence-electron chi connectivity index (χ2n) is 3.70. The van der Waals surface area contributed by atoms with Gasteiger partial charge in [0.15, 0.2) is 5.78 Å². The van der Waals surface area contributed by atoms with Gasteiger partial charge in [-0.25, -0.2) is 0 Å². The van der Waals surface area contributed by atoms with Gasteiger partial charge in [0.05, 0.1) is 0 Å². The largest absolute Gasteiger partial charge is 0.289 e. The lowest BCUT2D eigenvalue weighted by Gasteiger charge is -2.04. The molecule has 0 unspecified atom stereocenters. The molecule has 1 aromatic heterocycles. The fourth-order valence-corrected chi connectivity index (χ4v) is 2.70. The van der Waals surface area contributed by atoms with Crippen LogP contribution < -0.4 is 0 Å². The molecule has 82 valence electrons. The van der Waals surface area contributed by atoms with E-state index in [9.17, 15) is 4.79 Å². The van der Waals surface area contributed by atoms with Crippen molar-refractivity contribution in [1.82, 2.24) is 0 Å². The zero-order valence-corrected chi connectivity index (χ0v) is 11.5. The first-order valence-electron chi connectivity index (χ1n) is 4.94. The second-order valence-corrected chi connectivity index (χ2v) is 5.68. The number of ketones is 1. The number of hydrogen-bond donors (Lipinski definition) is 0. The van der Waals surface area contributed by atoms with Crippen molar-refractivity contribution in [2.24, 2.45) is 0 Å². The van der Waals surface area contributed by atoms with Gasteiger partial charge in [-0.2, -0.15) is 0 Å². The zero-order valence-electron chi connectivity index (χ0n) is 9.08. The highest BCUT2D eigenvalue weighted by Gasteiger charge is 2.15. The van der Waals surface area contributed by atoms with Crippen molar-refractivity contribution in [3.8, 4) is 0 Å². The number of halogens is 1. The number of hydrogen-bond acceptors (Lipinski definition) is 2. The molecule has 16 heavy (non-hydrogen) atoms. The molecule has 0 saturated carbocycles. The van der Waals surface area contributed by atoms with Crippen LogP contribution in [0, 0.1) is 13.8 Å². The van der Waals surface area contributed by atoms with E-state index in [4.69, 9.17) is 0 Å². The van der Waals surface area contributed by atoms with Crippen molar-refractivity contribution in [3.05, 3.63) is 55.7 Å². The van der Waals surface area contributed by atoms with Gasteiger partial charge in [-0.3, -0.25) is 4.79 Å². The van der Waals surface area contributed by atoms with Crippen molar-refractivity contribution < 1.29 is 4.79 Å². The minimum atomic E-state index is 0.0920. The molecule has 1 aromatic carbocycles. The molecule has 3 heteroatoms. The summed E-state index contributed by atoms with van der Waals surface area (Å²) in [4.78, 5) is 13.3. The van der Waals surface area contributed by atoms with Gasteiger partial charge in [0.2, 0.25) is 0 Å². The average molecular weight is 295 g/mol. The number of rotatable bonds is 2. The van der Waals surface area contributed by atoms with Crippen LogP contribution in [0.15, 0.2) is 34.1 Å². The first kappa shape index (κ1) is 11.6. The van der Waals surface area contributed by atoms with E-state index < -0.39 is 0 Å². The molecule has 1 heterocycles. The molecule has 0 aliphatic rings. The summed E-state index contributed by atoms with van der Waals surface area (Å²) in [6.45, 7) is 3.96. The molecule has 0 atom stereocenters. The maximum absolute atomic E-state index is 12.3. The summed E-state index contributed by atoms with van der Waals surface area (Å²) in [5.41, 5.74) is 2.64. The van der Waals surface area contributed by atoms with E-state index in [0.29, 0.717) is 0 Å². The van der Waals surface area contributed by atoms with Crippen LogP contribution in [0.3, 0.4) is 0 Å². The minimum Gasteiger partial charge on any atom is -0.289 e. The third kappa shape index (κ3) is 2.11. The summed E-state index contributed by atoms with van der Waals surface area (Å²) in [5.74, 6) is 0.0920. The van der Waals surface area contributed by atoms with Gasteiger partial charge in [0.1, 0.15) is 0 Å². The minimum absolute atomic E-state index is 0.0920. The first-order chi connectivity index (χ1) is 7.59. The number of carbonyl (C=O) groups excluding carboxylic acids is 1.